The number of hydrogen-bond donors (Lipinski definition) is 0. The summed E-state index contributed by atoms with van der Waals surface area (Å²) in [4.78, 5) is 0. The minimum Gasteiger partial charge on any atom is -0.331 e. The molecule has 1 aliphatic rings. The van der Waals surface area contributed by atoms with Crippen LogP contribution < -0.4 is 5.30 Å². The minimum atomic E-state index is -0.806. The van der Waals surface area contributed by atoms with Crippen LogP contribution in [0.15, 0.2) is 30.3 Å². The van der Waals surface area contributed by atoms with Crippen LogP contribution in [-0.4, -0.2) is 12.7 Å². The summed E-state index contributed by atoms with van der Waals surface area (Å²) in [6, 6.07) is 10.2. The highest BCUT2D eigenvalue weighted by atomic mass is 31.2. The number of hydrogen-bond acceptors (Lipinski definition) is 2. The molecule has 0 saturated carbocycles. The van der Waals surface area contributed by atoms with Crippen molar-refractivity contribution in [3.8, 4) is 0 Å². The van der Waals surface area contributed by atoms with Crippen LogP contribution in [0.3, 0.4) is 0 Å². The third-order valence-corrected chi connectivity index (χ3v) is 3.66. The molecular weight excluding hydrogens is 183 g/mol. The molecule has 1 saturated heterocycles. The van der Waals surface area contributed by atoms with Gasteiger partial charge in [-0.05, 0) is 25.5 Å². The maximum absolute atomic E-state index is 5.71. The average molecular weight is 196 g/mol. The van der Waals surface area contributed by atoms with Gasteiger partial charge in [-0.15, -0.1) is 0 Å². The van der Waals surface area contributed by atoms with E-state index in [-0.39, 0.29) is 0 Å². The van der Waals surface area contributed by atoms with Gasteiger partial charge in [-0.1, -0.05) is 18.2 Å². The molecule has 1 aliphatic heterocycles. The van der Waals surface area contributed by atoms with E-state index < -0.39 is 8.38 Å². The summed E-state index contributed by atoms with van der Waals surface area (Å²) in [7, 11) is -0.806. The number of rotatable bonds is 1. The average Bonchev–Trinajstić information content (AvgIpc) is 2.19. The second-order valence-corrected chi connectivity index (χ2v) is 4.63. The first-order chi connectivity index (χ1) is 6.36. The van der Waals surface area contributed by atoms with Gasteiger partial charge in [-0.25, -0.2) is 0 Å². The molecule has 0 N–H and O–H groups in total. The normalized spacial score (nSPS) is 28.7. The highest BCUT2D eigenvalue weighted by molar-refractivity contribution is 7.56. The van der Waals surface area contributed by atoms with Crippen molar-refractivity contribution in [2.24, 2.45) is 0 Å². The van der Waals surface area contributed by atoms with E-state index in [1.165, 1.54) is 5.30 Å². The van der Waals surface area contributed by atoms with E-state index in [1.807, 2.05) is 18.2 Å². The maximum Gasteiger partial charge on any atom is 0.205 e. The number of benzene rings is 1. The van der Waals surface area contributed by atoms with Crippen LogP contribution in [0.4, 0.5) is 0 Å². The Labute approximate surface area is 79.8 Å². The molecule has 2 unspecified atom stereocenters. The van der Waals surface area contributed by atoms with E-state index in [9.17, 15) is 0 Å². The Morgan fingerprint density at radius 1 is 1.31 bits per heavy atom. The Bertz CT molecular complexity index is 263. The van der Waals surface area contributed by atoms with Crippen LogP contribution in [-0.2, 0) is 9.05 Å². The Hall–Kier alpha value is -0.430. The largest absolute Gasteiger partial charge is 0.331 e. The van der Waals surface area contributed by atoms with E-state index in [4.69, 9.17) is 9.05 Å². The molecular formula is C10H13O2P. The predicted molar refractivity (Wildman–Crippen MR) is 54.1 cm³/mol. The van der Waals surface area contributed by atoms with Crippen molar-refractivity contribution in [2.75, 3.05) is 6.61 Å². The highest BCUT2D eigenvalue weighted by Crippen LogP contribution is 2.42. The summed E-state index contributed by atoms with van der Waals surface area (Å²) < 4.78 is 11.3. The second-order valence-electron chi connectivity index (χ2n) is 3.13. The van der Waals surface area contributed by atoms with Crippen LogP contribution >= 0.6 is 8.38 Å². The lowest BCUT2D eigenvalue weighted by molar-refractivity contribution is 0.126. The molecule has 1 heterocycles. The smallest absolute Gasteiger partial charge is 0.205 e. The molecule has 2 atom stereocenters. The SMILES string of the molecule is CC1CCOP(c2ccccc2)O1. The van der Waals surface area contributed by atoms with Crippen molar-refractivity contribution in [3.63, 3.8) is 0 Å². The molecule has 0 aliphatic carbocycles. The summed E-state index contributed by atoms with van der Waals surface area (Å²) in [6.45, 7) is 2.92. The Morgan fingerprint density at radius 3 is 2.77 bits per heavy atom. The van der Waals surface area contributed by atoms with Crippen molar-refractivity contribution in [2.45, 2.75) is 19.4 Å². The van der Waals surface area contributed by atoms with Gasteiger partial charge in [0.15, 0.2) is 0 Å². The molecule has 0 radical (unpaired) electrons. The summed E-state index contributed by atoms with van der Waals surface area (Å²) in [5, 5.41) is 1.17. The zero-order chi connectivity index (χ0) is 9.10. The first-order valence-electron chi connectivity index (χ1n) is 4.51. The first-order valence-corrected chi connectivity index (χ1v) is 5.69. The zero-order valence-corrected chi connectivity index (χ0v) is 8.54. The van der Waals surface area contributed by atoms with Gasteiger partial charge >= 0.3 is 0 Å². The molecule has 0 amide bonds. The Balaban J connectivity index is 2.08. The van der Waals surface area contributed by atoms with Gasteiger partial charge in [0.05, 0.1) is 12.7 Å². The van der Waals surface area contributed by atoms with E-state index in [0.29, 0.717) is 6.10 Å². The molecule has 13 heavy (non-hydrogen) atoms. The Kier molecular flexibility index (Phi) is 2.94. The van der Waals surface area contributed by atoms with Gasteiger partial charge < -0.3 is 9.05 Å². The van der Waals surface area contributed by atoms with Crippen LogP contribution in [0, 0.1) is 0 Å². The van der Waals surface area contributed by atoms with Crippen LogP contribution in [0.2, 0.25) is 0 Å². The van der Waals surface area contributed by atoms with Crippen LogP contribution in [0.1, 0.15) is 13.3 Å². The second kappa shape index (κ2) is 4.19. The van der Waals surface area contributed by atoms with Crippen molar-refractivity contribution >= 4 is 13.7 Å². The molecule has 0 spiro atoms. The summed E-state index contributed by atoms with van der Waals surface area (Å²) in [5.41, 5.74) is 0. The fourth-order valence-corrected chi connectivity index (χ4v) is 2.68. The van der Waals surface area contributed by atoms with Gasteiger partial charge in [0.1, 0.15) is 0 Å². The van der Waals surface area contributed by atoms with Crippen molar-refractivity contribution in [1.82, 2.24) is 0 Å². The molecule has 2 nitrogen and oxygen atoms in total. The van der Waals surface area contributed by atoms with Crippen molar-refractivity contribution < 1.29 is 9.05 Å². The lowest BCUT2D eigenvalue weighted by Gasteiger charge is -2.26. The summed E-state index contributed by atoms with van der Waals surface area (Å²) in [5.74, 6) is 0. The summed E-state index contributed by atoms with van der Waals surface area (Å²) >= 11 is 0. The maximum atomic E-state index is 5.71. The van der Waals surface area contributed by atoms with Crippen molar-refractivity contribution in [1.29, 1.82) is 0 Å². The fourth-order valence-electron chi connectivity index (χ4n) is 1.23. The molecule has 0 bridgehead atoms. The zero-order valence-electron chi connectivity index (χ0n) is 7.64. The third kappa shape index (κ3) is 2.28. The topological polar surface area (TPSA) is 18.5 Å². The van der Waals surface area contributed by atoms with E-state index in [1.54, 1.807) is 0 Å². The molecule has 1 fully saturated rings. The van der Waals surface area contributed by atoms with E-state index in [0.717, 1.165) is 13.0 Å². The van der Waals surface area contributed by atoms with E-state index >= 15 is 0 Å². The van der Waals surface area contributed by atoms with Crippen molar-refractivity contribution in [3.05, 3.63) is 30.3 Å². The third-order valence-electron chi connectivity index (χ3n) is 1.98. The molecule has 1 aromatic rings. The quantitative estimate of drug-likeness (QED) is 0.642. The first kappa shape index (κ1) is 9.14. The van der Waals surface area contributed by atoms with E-state index in [2.05, 4.69) is 19.1 Å². The standard InChI is InChI=1S/C10H13O2P/c1-9-7-8-11-13(12-9)10-5-3-2-4-6-10/h2-6,9H,7-8H2,1H3. The monoisotopic (exact) mass is 196 g/mol. The van der Waals surface area contributed by atoms with Gasteiger partial charge in [0.2, 0.25) is 8.38 Å². The lowest BCUT2D eigenvalue weighted by Crippen LogP contribution is -2.19. The lowest BCUT2D eigenvalue weighted by atomic mass is 10.3. The fraction of sp³-hybridized carbons (Fsp3) is 0.400. The summed E-state index contributed by atoms with van der Waals surface area (Å²) in [6.07, 6.45) is 1.34. The molecule has 2 rings (SSSR count). The predicted octanol–water partition coefficient (Wildman–Crippen LogP) is 2.45. The Morgan fingerprint density at radius 2 is 2.08 bits per heavy atom. The van der Waals surface area contributed by atoms with Gasteiger partial charge in [-0.2, -0.15) is 0 Å². The molecule has 0 aromatic heterocycles. The molecule has 1 aromatic carbocycles. The van der Waals surface area contributed by atoms with Gasteiger partial charge in [0.25, 0.3) is 0 Å². The molecule has 3 heteroatoms. The minimum absolute atomic E-state index is 0.333. The highest BCUT2D eigenvalue weighted by Gasteiger charge is 2.21. The molecule has 70 valence electrons. The van der Waals surface area contributed by atoms with Crippen LogP contribution in [0.5, 0.6) is 0 Å². The van der Waals surface area contributed by atoms with Crippen LogP contribution in [0.25, 0.3) is 0 Å². The van der Waals surface area contributed by atoms with Gasteiger partial charge in [-0.3, -0.25) is 0 Å². The van der Waals surface area contributed by atoms with Gasteiger partial charge in [0, 0.05) is 5.30 Å².